The molecule has 1 N–H and O–H groups in total. The standard InChI is InChI=1S/C17H26N4O/c1-20-12-10-18-16(20)15-8-11-21(13-15)17(22)19-9-7-14-5-3-2-4-6-14/h5,10,12,15H,2-4,6-9,11,13H2,1H3,(H,19,22). The van der Waals surface area contributed by atoms with Gasteiger partial charge >= 0.3 is 6.03 Å². The minimum atomic E-state index is 0.0770. The lowest BCUT2D eigenvalue weighted by Gasteiger charge is -2.18. The number of urea groups is 1. The summed E-state index contributed by atoms with van der Waals surface area (Å²) in [6.45, 7) is 2.36. The van der Waals surface area contributed by atoms with Crippen LogP contribution in [0.5, 0.6) is 0 Å². The highest BCUT2D eigenvalue weighted by molar-refractivity contribution is 5.74. The first-order valence-corrected chi connectivity index (χ1v) is 8.42. The maximum absolute atomic E-state index is 12.3. The first kappa shape index (κ1) is 15.1. The van der Waals surface area contributed by atoms with Crippen LogP contribution >= 0.6 is 0 Å². The molecule has 22 heavy (non-hydrogen) atoms. The van der Waals surface area contributed by atoms with Crippen LogP contribution in [0.2, 0.25) is 0 Å². The summed E-state index contributed by atoms with van der Waals surface area (Å²) in [6, 6.07) is 0.0770. The Hall–Kier alpha value is -1.78. The lowest BCUT2D eigenvalue weighted by Crippen LogP contribution is -2.39. The van der Waals surface area contributed by atoms with E-state index in [9.17, 15) is 4.79 Å². The lowest BCUT2D eigenvalue weighted by atomic mass is 9.97. The number of nitrogens with zero attached hydrogens (tertiary/aromatic N) is 3. The largest absolute Gasteiger partial charge is 0.338 e. The van der Waals surface area contributed by atoms with E-state index < -0.39 is 0 Å². The van der Waals surface area contributed by atoms with Crippen molar-refractivity contribution in [2.24, 2.45) is 7.05 Å². The second kappa shape index (κ2) is 6.99. The summed E-state index contributed by atoms with van der Waals surface area (Å²) in [5.41, 5.74) is 1.51. The van der Waals surface area contributed by atoms with Gasteiger partial charge in [-0.25, -0.2) is 9.78 Å². The Labute approximate surface area is 132 Å². The van der Waals surface area contributed by atoms with Gasteiger partial charge in [0.1, 0.15) is 5.82 Å². The maximum Gasteiger partial charge on any atom is 0.317 e. The fraction of sp³-hybridized carbons (Fsp3) is 0.647. The summed E-state index contributed by atoms with van der Waals surface area (Å²) >= 11 is 0. The molecule has 0 aromatic carbocycles. The Balaban J connectivity index is 1.43. The molecule has 1 aliphatic heterocycles. The third-order valence-electron chi connectivity index (χ3n) is 4.81. The number of likely N-dealkylation sites (tertiary alicyclic amines) is 1. The van der Waals surface area contributed by atoms with Gasteiger partial charge in [0.05, 0.1) is 0 Å². The van der Waals surface area contributed by atoms with Crippen LogP contribution in [-0.4, -0.2) is 40.1 Å². The van der Waals surface area contributed by atoms with Gasteiger partial charge in [-0.3, -0.25) is 0 Å². The van der Waals surface area contributed by atoms with E-state index in [1.165, 1.54) is 31.3 Å². The molecule has 120 valence electrons. The van der Waals surface area contributed by atoms with E-state index in [0.29, 0.717) is 5.92 Å². The Bertz CT molecular complexity index is 549. The van der Waals surface area contributed by atoms with Crippen LogP contribution < -0.4 is 5.32 Å². The van der Waals surface area contributed by atoms with Crippen molar-refractivity contribution < 1.29 is 4.79 Å². The van der Waals surface area contributed by atoms with Crippen LogP contribution in [0.15, 0.2) is 24.0 Å². The number of imidazole rings is 1. The van der Waals surface area contributed by atoms with E-state index in [2.05, 4.69) is 20.9 Å². The molecule has 1 aromatic heterocycles. The number of aryl methyl sites for hydroxylation is 1. The zero-order valence-electron chi connectivity index (χ0n) is 13.4. The van der Waals surface area contributed by atoms with Gasteiger partial charge in [-0.2, -0.15) is 0 Å². The summed E-state index contributed by atoms with van der Waals surface area (Å²) in [5.74, 6) is 1.45. The summed E-state index contributed by atoms with van der Waals surface area (Å²) in [6.07, 6.45) is 13.2. The highest BCUT2D eigenvalue weighted by Gasteiger charge is 2.29. The summed E-state index contributed by atoms with van der Waals surface area (Å²) in [4.78, 5) is 18.6. The highest BCUT2D eigenvalue weighted by atomic mass is 16.2. The third kappa shape index (κ3) is 3.51. The molecule has 1 fully saturated rings. The molecule has 1 aromatic rings. The number of allylic oxidation sites excluding steroid dienone is 1. The van der Waals surface area contributed by atoms with Crippen LogP contribution in [0.25, 0.3) is 0 Å². The van der Waals surface area contributed by atoms with Gasteiger partial charge in [-0.15, -0.1) is 0 Å². The normalized spacial score (nSPS) is 21.8. The first-order valence-electron chi connectivity index (χ1n) is 8.42. The van der Waals surface area contributed by atoms with Gasteiger partial charge in [0, 0.05) is 45.0 Å². The molecule has 3 rings (SSSR count). The number of hydrogen-bond donors (Lipinski definition) is 1. The Morgan fingerprint density at radius 2 is 2.36 bits per heavy atom. The molecule has 2 aliphatic rings. The predicted molar refractivity (Wildman–Crippen MR) is 86.7 cm³/mol. The first-order chi connectivity index (χ1) is 10.7. The quantitative estimate of drug-likeness (QED) is 0.870. The van der Waals surface area contributed by atoms with E-state index >= 15 is 0 Å². The van der Waals surface area contributed by atoms with Crippen LogP contribution in [0.1, 0.15) is 50.3 Å². The number of rotatable bonds is 4. The van der Waals surface area contributed by atoms with Crippen molar-refractivity contribution in [1.82, 2.24) is 19.8 Å². The molecule has 2 heterocycles. The maximum atomic E-state index is 12.3. The molecule has 0 bridgehead atoms. The van der Waals surface area contributed by atoms with Crippen LogP contribution in [0.3, 0.4) is 0 Å². The minimum absolute atomic E-state index is 0.0770. The SMILES string of the molecule is Cn1ccnc1C1CCN(C(=O)NCCC2=CCCCC2)C1. The van der Waals surface area contributed by atoms with Gasteiger partial charge < -0.3 is 14.8 Å². The van der Waals surface area contributed by atoms with Gasteiger partial charge in [0.25, 0.3) is 0 Å². The molecule has 0 radical (unpaired) electrons. The van der Waals surface area contributed by atoms with E-state index in [0.717, 1.165) is 38.3 Å². The number of nitrogens with one attached hydrogen (secondary N) is 1. The monoisotopic (exact) mass is 302 g/mol. The van der Waals surface area contributed by atoms with Crippen molar-refractivity contribution in [3.8, 4) is 0 Å². The number of amides is 2. The second-order valence-corrected chi connectivity index (χ2v) is 6.42. The van der Waals surface area contributed by atoms with Gasteiger partial charge in [-0.05, 0) is 38.5 Å². The predicted octanol–water partition coefficient (Wildman–Crippen LogP) is 2.81. The zero-order chi connectivity index (χ0) is 15.4. The number of carbonyl (C=O) groups is 1. The van der Waals surface area contributed by atoms with E-state index in [1.807, 2.05) is 24.3 Å². The smallest absolute Gasteiger partial charge is 0.317 e. The fourth-order valence-corrected chi connectivity index (χ4v) is 3.50. The molecular weight excluding hydrogens is 276 g/mol. The van der Waals surface area contributed by atoms with E-state index in [1.54, 1.807) is 0 Å². The van der Waals surface area contributed by atoms with Crippen molar-refractivity contribution in [2.75, 3.05) is 19.6 Å². The Kier molecular flexibility index (Phi) is 4.80. The van der Waals surface area contributed by atoms with Crippen molar-refractivity contribution in [2.45, 2.75) is 44.4 Å². The Morgan fingerprint density at radius 1 is 1.45 bits per heavy atom. The average molecular weight is 302 g/mol. The van der Waals surface area contributed by atoms with E-state index in [-0.39, 0.29) is 6.03 Å². The minimum Gasteiger partial charge on any atom is -0.338 e. The van der Waals surface area contributed by atoms with Crippen LogP contribution in [0, 0.1) is 0 Å². The third-order valence-corrected chi connectivity index (χ3v) is 4.81. The van der Waals surface area contributed by atoms with Gasteiger partial charge in [-0.1, -0.05) is 11.6 Å². The molecule has 5 nitrogen and oxygen atoms in total. The summed E-state index contributed by atoms with van der Waals surface area (Å²) in [5, 5.41) is 3.07. The second-order valence-electron chi connectivity index (χ2n) is 6.42. The molecule has 0 spiro atoms. The van der Waals surface area contributed by atoms with Crippen LogP contribution in [0.4, 0.5) is 4.79 Å². The molecule has 1 unspecified atom stereocenters. The molecule has 1 atom stereocenters. The molecule has 1 aliphatic carbocycles. The van der Waals surface area contributed by atoms with Crippen molar-refractivity contribution in [3.63, 3.8) is 0 Å². The molecule has 5 heteroatoms. The van der Waals surface area contributed by atoms with Crippen molar-refractivity contribution in [1.29, 1.82) is 0 Å². The Morgan fingerprint density at radius 3 is 3.09 bits per heavy atom. The van der Waals surface area contributed by atoms with Crippen molar-refractivity contribution >= 4 is 6.03 Å². The lowest BCUT2D eigenvalue weighted by molar-refractivity contribution is 0.208. The molecule has 1 saturated heterocycles. The number of carbonyl (C=O) groups excluding carboxylic acids is 1. The summed E-state index contributed by atoms with van der Waals surface area (Å²) < 4.78 is 2.06. The topological polar surface area (TPSA) is 50.2 Å². The fourth-order valence-electron chi connectivity index (χ4n) is 3.50. The van der Waals surface area contributed by atoms with Crippen molar-refractivity contribution in [3.05, 3.63) is 29.9 Å². The van der Waals surface area contributed by atoms with E-state index in [4.69, 9.17) is 0 Å². The number of aromatic nitrogens is 2. The zero-order valence-corrected chi connectivity index (χ0v) is 13.4. The van der Waals surface area contributed by atoms with Crippen LogP contribution in [-0.2, 0) is 7.05 Å². The molecule has 0 saturated carbocycles. The number of hydrogen-bond acceptors (Lipinski definition) is 2. The average Bonchev–Trinajstić information content (AvgIpc) is 3.17. The molecular formula is C17H26N4O. The van der Waals surface area contributed by atoms with Gasteiger partial charge in [0.2, 0.25) is 0 Å². The highest BCUT2D eigenvalue weighted by Crippen LogP contribution is 2.25. The van der Waals surface area contributed by atoms with Gasteiger partial charge in [0.15, 0.2) is 0 Å². The summed E-state index contributed by atoms with van der Waals surface area (Å²) in [7, 11) is 2.02. The molecule has 2 amide bonds.